The van der Waals surface area contributed by atoms with Crippen molar-refractivity contribution in [2.75, 3.05) is 12.3 Å². The molecule has 1 atom stereocenters. The van der Waals surface area contributed by atoms with E-state index in [0.717, 1.165) is 16.8 Å². The lowest BCUT2D eigenvalue weighted by atomic mass is 10.0. The molecule has 0 spiro atoms. The number of benzene rings is 2. The fraction of sp³-hybridized carbons (Fsp3) is 0.217. The minimum atomic E-state index is -0.643. The van der Waals surface area contributed by atoms with Gasteiger partial charge in [-0.2, -0.15) is 0 Å². The molecule has 0 aliphatic carbocycles. The summed E-state index contributed by atoms with van der Waals surface area (Å²) in [4.78, 5) is 32.6. The Labute approximate surface area is 186 Å². The number of nitrogens with zero attached hydrogens (tertiary/aromatic N) is 3. The van der Waals surface area contributed by atoms with Crippen molar-refractivity contribution in [1.29, 1.82) is 0 Å². The smallest absolute Gasteiger partial charge is 0.240 e. The number of carbonyl (C=O) groups is 2. The Bertz CT molecular complexity index is 1070. The molecule has 0 radical (unpaired) electrons. The number of nitrogens with one attached hydrogen (secondary N) is 1. The summed E-state index contributed by atoms with van der Waals surface area (Å²) in [5, 5.41) is 2.74. The Morgan fingerprint density at radius 2 is 1.69 bits per heavy atom. The Hall–Kier alpha value is -4.14. The minimum Gasteiger partial charge on any atom is -0.370 e. The Morgan fingerprint density at radius 1 is 1.06 bits per heavy atom. The van der Waals surface area contributed by atoms with Crippen LogP contribution in [0.1, 0.15) is 12.8 Å². The zero-order chi connectivity index (χ0) is 22.9. The van der Waals surface area contributed by atoms with E-state index in [1.54, 1.807) is 4.57 Å². The predicted octanol–water partition coefficient (Wildman–Crippen LogP) is 1.54. The number of imidazole rings is 1. The molecule has 9 nitrogen and oxygen atoms in total. The van der Waals surface area contributed by atoms with Gasteiger partial charge in [0.05, 0.1) is 17.4 Å². The molecule has 1 amide bonds. The Morgan fingerprint density at radius 3 is 2.28 bits per heavy atom. The third kappa shape index (κ3) is 5.72. The summed E-state index contributed by atoms with van der Waals surface area (Å²) in [6.07, 6.45) is 1.69. The summed E-state index contributed by atoms with van der Waals surface area (Å²) in [5.74, 6) is -0.131. The molecular weight excluding hydrogens is 406 g/mol. The van der Waals surface area contributed by atoms with Gasteiger partial charge in [-0.05, 0) is 12.8 Å². The number of aromatic nitrogens is 2. The monoisotopic (exact) mass is 433 g/mol. The van der Waals surface area contributed by atoms with Crippen molar-refractivity contribution in [1.82, 2.24) is 14.9 Å². The fourth-order valence-electron chi connectivity index (χ4n) is 3.41. The molecular formula is C23H27N7O2. The van der Waals surface area contributed by atoms with Crippen LogP contribution in [0, 0.1) is 0 Å². The van der Waals surface area contributed by atoms with E-state index in [9.17, 15) is 9.59 Å². The first-order valence-corrected chi connectivity index (χ1v) is 10.3. The van der Waals surface area contributed by atoms with Gasteiger partial charge in [0.1, 0.15) is 12.8 Å². The maximum atomic E-state index is 12.8. The minimum absolute atomic E-state index is 0.00469. The molecule has 0 bridgehead atoms. The molecule has 3 aromatic rings. The summed E-state index contributed by atoms with van der Waals surface area (Å²) in [6.45, 7) is 0.309. The second-order valence-electron chi connectivity index (χ2n) is 7.24. The normalized spacial score (nSPS) is 11.5. The van der Waals surface area contributed by atoms with Crippen molar-refractivity contribution in [3.05, 3.63) is 60.7 Å². The van der Waals surface area contributed by atoms with Crippen LogP contribution in [-0.4, -0.2) is 40.3 Å². The SMILES string of the molecule is NC(N)=NCCC[C@@H](C=O)NC(=O)Cn1c(N)nc(-c2ccccc2)c1-c1ccccc1. The van der Waals surface area contributed by atoms with Gasteiger partial charge in [-0.15, -0.1) is 0 Å². The molecule has 7 N–H and O–H groups in total. The highest BCUT2D eigenvalue weighted by Gasteiger charge is 2.21. The van der Waals surface area contributed by atoms with Gasteiger partial charge in [-0.3, -0.25) is 9.79 Å². The van der Waals surface area contributed by atoms with Crippen molar-refractivity contribution in [3.63, 3.8) is 0 Å². The predicted molar refractivity (Wildman–Crippen MR) is 125 cm³/mol. The molecule has 32 heavy (non-hydrogen) atoms. The van der Waals surface area contributed by atoms with E-state index < -0.39 is 6.04 Å². The lowest BCUT2D eigenvalue weighted by Crippen LogP contribution is -2.38. The van der Waals surface area contributed by atoms with Crippen molar-refractivity contribution >= 4 is 24.1 Å². The molecule has 1 aromatic heterocycles. The number of hydrogen-bond acceptors (Lipinski definition) is 5. The highest BCUT2D eigenvalue weighted by Crippen LogP contribution is 2.33. The van der Waals surface area contributed by atoms with E-state index in [2.05, 4.69) is 15.3 Å². The van der Waals surface area contributed by atoms with Crippen LogP contribution in [0.2, 0.25) is 0 Å². The van der Waals surface area contributed by atoms with Gasteiger partial charge in [-0.1, -0.05) is 60.7 Å². The summed E-state index contributed by atoms with van der Waals surface area (Å²) < 4.78 is 1.66. The number of amides is 1. The molecule has 3 rings (SSSR count). The number of carbonyl (C=O) groups excluding carboxylic acids is 2. The number of aliphatic imine (C=N–C) groups is 1. The average molecular weight is 434 g/mol. The first-order chi connectivity index (χ1) is 15.5. The van der Waals surface area contributed by atoms with Gasteiger partial charge in [-0.25, -0.2) is 4.98 Å². The highest BCUT2D eigenvalue weighted by molar-refractivity contribution is 5.84. The first kappa shape index (κ1) is 22.5. The van der Waals surface area contributed by atoms with Crippen LogP contribution >= 0.6 is 0 Å². The molecule has 0 unspecified atom stereocenters. The summed E-state index contributed by atoms with van der Waals surface area (Å²) >= 11 is 0. The standard InChI is InChI=1S/C23H27N7O2/c24-22(25)27-13-7-12-18(15-31)28-19(32)14-30-21(17-10-5-2-6-11-17)20(29-23(30)26)16-8-3-1-4-9-16/h1-6,8-11,15,18H,7,12-14H2,(H2,26,29)(H,28,32)(H4,24,25,27)/t18-/m0/s1. The zero-order valence-electron chi connectivity index (χ0n) is 17.6. The van der Waals surface area contributed by atoms with Crippen LogP contribution in [0.3, 0.4) is 0 Å². The average Bonchev–Trinajstić information content (AvgIpc) is 3.12. The van der Waals surface area contributed by atoms with Crippen LogP contribution in [0.25, 0.3) is 22.5 Å². The second kappa shape index (κ2) is 10.8. The van der Waals surface area contributed by atoms with Crippen molar-refractivity contribution in [2.24, 2.45) is 16.5 Å². The topological polar surface area (TPSA) is 154 Å². The van der Waals surface area contributed by atoms with Gasteiger partial charge < -0.3 is 31.9 Å². The molecule has 1 heterocycles. The molecule has 0 aliphatic heterocycles. The fourth-order valence-corrected chi connectivity index (χ4v) is 3.41. The number of nitrogen functional groups attached to an aromatic ring is 1. The second-order valence-corrected chi connectivity index (χ2v) is 7.24. The summed E-state index contributed by atoms with van der Waals surface area (Å²) in [5.41, 5.74) is 20.0. The number of anilines is 1. The molecule has 0 saturated heterocycles. The lowest BCUT2D eigenvalue weighted by molar-refractivity contribution is -0.124. The number of nitrogens with two attached hydrogens (primary N) is 3. The number of guanidine groups is 1. The van der Waals surface area contributed by atoms with E-state index in [1.807, 2.05) is 60.7 Å². The first-order valence-electron chi connectivity index (χ1n) is 10.3. The van der Waals surface area contributed by atoms with Gasteiger partial charge in [0.25, 0.3) is 0 Å². The van der Waals surface area contributed by atoms with Crippen LogP contribution < -0.4 is 22.5 Å². The molecule has 0 saturated carbocycles. The largest absolute Gasteiger partial charge is 0.370 e. The third-order valence-corrected chi connectivity index (χ3v) is 4.87. The quantitative estimate of drug-likeness (QED) is 0.164. The van der Waals surface area contributed by atoms with E-state index in [-0.39, 0.29) is 24.4 Å². The molecule has 166 valence electrons. The van der Waals surface area contributed by atoms with Crippen molar-refractivity contribution in [3.8, 4) is 22.5 Å². The molecule has 2 aromatic carbocycles. The van der Waals surface area contributed by atoms with Gasteiger partial charge in [0.2, 0.25) is 11.9 Å². The Balaban J connectivity index is 1.83. The van der Waals surface area contributed by atoms with Crippen molar-refractivity contribution in [2.45, 2.75) is 25.4 Å². The maximum absolute atomic E-state index is 12.8. The van der Waals surface area contributed by atoms with E-state index in [4.69, 9.17) is 17.2 Å². The number of rotatable bonds is 10. The van der Waals surface area contributed by atoms with E-state index in [1.165, 1.54) is 0 Å². The van der Waals surface area contributed by atoms with Gasteiger partial charge in [0, 0.05) is 17.7 Å². The maximum Gasteiger partial charge on any atom is 0.240 e. The van der Waals surface area contributed by atoms with Gasteiger partial charge in [0.15, 0.2) is 5.96 Å². The number of hydrogen-bond donors (Lipinski definition) is 4. The summed E-state index contributed by atoms with van der Waals surface area (Å²) in [6, 6.07) is 18.6. The van der Waals surface area contributed by atoms with Crippen LogP contribution in [0.5, 0.6) is 0 Å². The van der Waals surface area contributed by atoms with Crippen molar-refractivity contribution < 1.29 is 9.59 Å². The third-order valence-electron chi connectivity index (χ3n) is 4.87. The van der Waals surface area contributed by atoms with Crippen LogP contribution in [-0.2, 0) is 16.1 Å². The molecule has 0 fully saturated rings. The zero-order valence-corrected chi connectivity index (χ0v) is 17.6. The summed E-state index contributed by atoms with van der Waals surface area (Å²) in [7, 11) is 0. The lowest BCUT2D eigenvalue weighted by Gasteiger charge is -2.15. The van der Waals surface area contributed by atoms with Crippen LogP contribution in [0.15, 0.2) is 65.7 Å². The van der Waals surface area contributed by atoms with E-state index >= 15 is 0 Å². The molecule has 0 aliphatic rings. The van der Waals surface area contributed by atoms with E-state index in [0.29, 0.717) is 31.4 Å². The van der Waals surface area contributed by atoms with Gasteiger partial charge >= 0.3 is 0 Å². The Kier molecular flexibility index (Phi) is 7.58. The van der Waals surface area contributed by atoms with Crippen LogP contribution in [0.4, 0.5) is 5.95 Å². The highest BCUT2D eigenvalue weighted by atomic mass is 16.2. The molecule has 9 heteroatoms. The number of aldehydes is 1.